The SMILES string of the molecule is Cn1c(Cc2ccccc2)nc2cc(C(N)=O)ccc21. The molecule has 0 unspecified atom stereocenters. The number of aryl methyl sites for hydroxylation is 1. The molecule has 3 rings (SSSR count). The lowest BCUT2D eigenvalue weighted by Crippen LogP contribution is -2.10. The van der Waals surface area contributed by atoms with Crippen molar-refractivity contribution >= 4 is 16.9 Å². The molecule has 0 aliphatic heterocycles. The van der Waals surface area contributed by atoms with Crippen molar-refractivity contribution in [3.63, 3.8) is 0 Å². The molecule has 0 saturated carbocycles. The third-order valence-corrected chi connectivity index (χ3v) is 3.46. The highest BCUT2D eigenvalue weighted by atomic mass is 16.1. The van der Waals surface area contributed by atoms with E-state index < -0.39 is 5.91 Å². The van der Waals surface area contributed by atoms with Crippen molar-refractivity contribution in [1.29, 1.82) is 0 Å². The summed E-state index contributed by atoms with van der Waals surface area (Å²) in [6.07, 6.45) is 0.762. The van der Waals surface area contributed by atoms with Crippen LogP contribution in [0.15, 0.2) is 48.5 Å². The van der Waals surface area contributed by atoms with E-state index in [9.17, 15) is 4.79 Å². The molecule has 2 N–H and O–H groups in total. The van der Waals surface area contributed by atoms with Crippen LogP contribution in [0.3, 0.4) is 0 Å². The van der Waals surface area contributed by atoms with Crippen molar-refractivity contribution in [2.24, 2.45) is 12.8 Å². The van der Waals surface area contributed by atoms with Crippen molar-refractivity contribution < 1.29 is 4.79 Å². The maximum atomic E-state index is 11.2. The second kappa shape index (κ2) is 4.81. The van der Waals surface area contributed by atoms with E-state index in [0.717, 1.165) is 23.3 Å². The smallest absolute Gasteiger partial charge is 0.248 e. The Morgan fingerprint density at radius 1 is 1.20 bits per heavy atom. The van der Waals surface area contributed by atoms with Gasteiger partial charge < -0.3 is 10.3 Å². The van der Waals surface area contributed by atoms with Crippen molar-refractivity contribution in [3.05, 3.63) is 65.5 Å². The van der Waals surface area contributed by atoms with E-state index in [0.29, 0.717) is 5.56 Å². The van der Waals surface area contributed by atoms with Gasteiger partial charge in [0, 0.05) is 19.0 Å². The van der Waals surface area contributed by atoms with Crippen LogP contribution in [0.4, 0.5) is 0 Å². The van der Waals surface area contributed by atoms with Crippen LogP contribution in [-0.2, 0) is 13.5 Å². The summed E-state index contributed by atoms with van der Waals surface area (Å²) in [6.45, 7) is 0. The van der Waals surface area contributed by atoms with Crippen LogP contribution in [0.2, 0.25) is 0 Å². The summed E-state index contributed by atoms with van der Waals surface area (Å²) in [4.78, 5) is 15.8. The zero-order chi connectivity index (χ0) is 14.1. The number of aromatic nitrogens is 2. The number of fused-ring (bicyclic) bond motifs is 1. The number of nitrogens with two attached hydrogens (primary N) is 1. The Bertz CT molecular complexity index is 775. The maximum absolute atomic E-state index is 11.2. The number of hydrogen-bond donors (Lipinski definition) is 1. The minimum atomic E-state index is -0.429. The van der Waals surface area contributed by atoms with Crippen LogP contribution in [0.25, 0.3) is 11.0 Å². The van der Waals surface area contributed by atoms with Gasteiger partial charge in [0.25, 0.3) is 0 Å². The largest absolute Gasteiger partial charge is 0.366 e. The van der Waals surface area contributed by atoms with E-state index >= 15 is 0 Å². The van der Waals surface area contributed by atoms with E-state index in [1.807, 2.05) is 35.9 Å². The summed E-state index contributed by atoms with van der Waals surface area (Å²) in [5, 5.41) is 0. The fourth-order valence-electron chi connectivity index (χ4n) is 2.34. The summed E-state index contributed by atoms with van der Waals surface area (Å²) < 4.78 is 2.05. The van der Waals surface area contributed by atoms with Gasteiger partial charge in [-0.25, -0.2) is 4.98 Å². The molecule has 0 fully saturated rings. The Balaban J connectivity index is 2.04. The number of imidazole rings is 1. The van der Waals surface area contributed by atoms with Crippen molar-refractivity contribution in [2.45, 2.75) is 6.42 Å². The molecule has 0 saturated heterocycles. The first-order valence-corrected chi connectivity index (χ1v) is 6.44. The lowest BCUT2D eigenvalue weighted by Gasteiger charge is -2.02. The summed E-state index contributed by atoms with van der Waals surface area (Å²) in [6, 6.07) is 15.5. The van der Waals surface area contributed by atoms with Gasteiger partial charge in [0.2, 0.25) is 5.91 Å². The first-order valence-electron chi connectivity index (χ1n) is 6.44. The second-order valence-electron chi connectivity index (χ2n) is 4.82. The summed E-state index contributed by atoms with van der Waals surface area (Å²) in [5.74, 6) is 0.537. The standard InChI is InChI=1S/C16H15N3O/c1-19-14-8-7-12(16(17)20)10-13(14)18-15(19)9-11-5-3-2-4-6-11/h2-8,10H,9H2,1H3,(H2,17,20). The highest BCUT2D eigenvalue weighted by molar-refractivity contribution is 5.96. The molecule has 1 heterocycles. The number of carbonyl (C=O) groups is 1. The molecule has 20 heavy (non-hydrogen) atoms. The molecule has 4 nitrogen and oxygen atoms in total. The molecule has 1 aromatic heterocycles. The minimum Gasteiger partial charge on any atom is -0.366 e. The highest BCUT2D eigenvalue weighted by Gasteiger charge is 2.10. The van der Waals surface area contributed by atoms with Gasteiger partial charge in [-0.2, -0.15) is 0 Å². The number of benzene rings is 2. The fraction of sp³-hybridized carbons (Fsp3) is 0.125. The van der Waals surface area contributed by atoms with Crippen LogP contribution in [0.1, 0.15) is 21.7 Å². The third-order valence-electron chi connectivity index (χ3n) is 3.46. The molecule has 0 spiro atoms. The second-order valence-corrected chi connectivity index (χ2v) is 4.82. The number of rotatable bonds is 3. The van der Waals surface area contributed by atoms with Gasteiger partial charge in [0.05, 0.1) is 11.0 Å². The molecule has 1 amide bonds. The first kappa shape index (κ1) is 12.4. The molecule has 0 atom stereocenters. The van der Waals surface area contributed by atoms with Crippen LogP contribution in [0, 0.1) is 0 Å². The lowest BCUT2D eigenvalue weighted by atomic mass is 10.1. The van der Waals surface area contributed by atoms with Gasteiger partial charge in [-0.1, -0.05) is 30.3 Å². The van der Waals surface area contributed by atoms with E-state index in [1.54, 1.807) is 12.1 Å². The highest BCUT2D eigenvalue weighted by Crippen LogP contribution is 2.18. The predicted molar refractivity (Wildman–Crippen MR) is 78.5 cm³/mol. The van der Waals surface area contributed by atoms with E-state index in [1.165, 1.54) is 5.56 Å². The quantitative estimate of drug-likeness (QED) is 0.789. The van der Waals surface area contributed by atoms with Gasteiger partial charge in [0.15, 0.2) is 0 Å². The third kappa shape index (κ3) is 2.16. The van der Waals surface area contributed by atoms with Crippen molar-refractivity contribution in [2.75, 3.05) is 0 Å². The molecular weight excluding hydrogens is 250 g/mol. The number of amides is 1. The monoisotopic (exact) mass is 265 g/mol. The first-order chi connectivity index (χ1) is 9.65. The lowest BCUT2D eigenvalue weighted by molar-refractivity contribution is 0.100. The van der Waals surface area contributed by atoms with E-state index in [-0.39, 0.29) is 0 Å². The normalized spacial score (nSPS) is 10.8. The van der Waals surface area contributed by atoms with Gasteiger partial charge >= 0.3 is 0 Å². The molecule has 3 aromatic rings. The van der Waals surface area contributed by atoms with Crippen LogP contribution < -0.4 is 5.73 Å². The van der Waals surface area contributed by atoms with Gasteiger partial charge in [-0.15, -0.1) is 0 Å². The molecule has 2 aromatic carbocycles. The molecular formula is C16H15N3O. The van der Waals surface area contributed by atoms with Gasteiger partial charge in [-0.05, 0) is 23.8 Å². The fourth-order valence-corrected chi connectivity index (χ4v) is 2.34. The summed E-state index contributed by atoms with van der Waals surface area (Å²) in [5.41, 5.74) is 8.80. The van der Waals surface area contributed by atoms with Crippen LogP contribution >= 0.6 is 0 Å². The number of hydrogen-bond acceptors (Lipinski definition) is 2. The number of primary amides is 1. The average Bonchev–Trinajstić information content (AvgIpc) is 2.76. The Labute approximate surface area is 116 Å². The molecule has 0 aliphatic rings. The van der Waals surface area contributed by atoms with Crippen LogP contribution in [0.5, 0.6) is 0 Å². The Hall–Kier alpha value is -2.62. The van der Waals surface area contributed by atoms with E-state index in [2.05, 4.69) is 17.1 Å². The molecule has 0 aliphatic carbocycles. The minimum absolute atomic E-state index is 0.429. The van der Waals surface area contributed by atoms with Crippen LogP contribution in [-0.4, -0.2) is 15.5 Å². The average molecular weight is 265 g/mol. The zero-order valence-corrected chi connectivity index (χ0v) is 11.2. The number of nitrogens with zero attached hydrogens (tertiary/aromatic N) is 2. The van der Waals surface area contributed by atoms with Gasteiger partial charge in [0.1, 0.15) is 5.82 Å². The van der Waals surface area contributed by atoms with Crippen molar-refractivity contribution in [1.82, 2.24) is 9.55 Å². The number of carbonyl (C=O) groups excluding carboxylic acids is 1. The molecule has 0 radical (unpaired) electrons. The Kier molecular flexibility index (Phi) is 2.99. The van der Waals surface area contributed by atoms with Gasteiger partial charge in [-0.3, -0.25) is 4.79 Å². The Morgan fingerprint density at radius 2 is 1.95 bits per heavy atom. The zero-order valence-electron chi connectivity index (χ0n) is 11.2. The van der Waals surface area contributed by atoms with E-state index in [4.69, 9.17) is 5.73 Å². The topological polar surface area (TPSA) is 60.9 Å². The summed E-state index contributed by atoms with van der Waals surface area (Å²) in [7, 11) is 1.98. The van der Waals surface area contributed by atoms with Crippen molar-refractivity contribution in [3.8, 4) is 0 Å². The molecule has 100 valence electrons. The Morgan fingerprint density at radius 3 is 2.65 bits per heavy atom. The summed E-state index contributed by atoms with van der Waals surface area (Å²) >= 11 is 0. The molecule has 4 heteroatoms. The predicted octanol–water partition coefficient (Wildman–Crippen LogP) is 2.26. The molecule has 0 bridgehead atoms. The maximum Gasteiger partial charge on any atom is 0.248 e.